The first-order chi connectivity index (χ1) is 30.3. The zero-order valence-electron chi connectivity index (χ0n) is 33.2. The Morgan fingerprint density at radius 2 is 0.921 bits per heavy atom. The SMILES string of the molecule is Nc1ccc2c(c1)-c1ccccc1P(=O)(CCn1c(=O)n(CCP3(=O)Oc4c(N)cccc4-c4ccccc43)c(=O)n(NCP3(=O)Oc4c(N)cccc4-c4ccccc43)c1=O)O2. The Morgan fingerprint density at radius 3 is 1.46 bits per heavy atom. The zero-order chi connectivity index (χ0) is 43.8. The maximum absolute atomic E-state index is 14.9. The standard InChI is InChI=1S/C44H38N7O9P3/c45-27-19-20-36-33(25-27)30-11-3-5-17-38(30)61(55,58-36)23-21-49-42(52)50(22-24-62(56)37-16-4-1-9-28(37)31-12-7-14-34(46)40(31)59-62)44(54)51(43(49)53)48-26-63(57)39-18-6-2-10-29(39)32-13-8-15-35(47)41(32)60-63/h1-20,25,48H,21-24,26,45-47H2. The van der Waals surface area contributed by atoms with Crippen LogP contribution in [0.3, 0.4) is 0 Å². The minimum Gasteiger partial charge on any atom is -0.439 e. The first-order valence-electron chi connectivity index (χ1n) is 19.8. The third-order valence-electron chi connectivity index (χ3n) is 11.5. The summed E-state index contributed by atoms with van der Waals surface area (Å²) in [5.74, 6) is 0.692. The van der Waals surface area contributed by atoms with E-state index in [2.05, 4.69) is 5.43 Å². The second-order valence-electron chi connectivity index (χ2n) is 15.3. The number of nitrogens with zero attached hydrogens (tertiary/aromatic N) is 3. The fraction of sp³-hybridized carbons (Fsp3) is 0.114. The average molecular weight is 902 g/mol. The molecular weight excluding hydrogens is 863 g/mol. The van der Waals surface area contributed by atoms with E-state index in [1.807, 2.05) is 0 Å². The quantitative estimate of drug-likeness (QED) is 0.105. The van der Waals surface area contributed by atoms with Crippen LogP contribution in [-0.2, 0) is 26.8 Å². The van der Waals surface area contributed by atoms with Crippen molar-refractivity contribution >= 4 is 55.1 Å². The summed E-state index contributed by atoms with van der Waals surface area (Å²) in [6.45, 7) is -0.989. The van der Waals surface area contributed by atoms with Gasteiger partial charge in [0.15, 0.2) is 11.5 Å². The molecule has 0 amide bonds. The third-order valence-corrected chi connectivity index (χ3v) is 18.4. The molecule has 318 valence electrons. The van der Waals surface area contributed by atoms with Crippen molar-refractivity contribution in [1.82, 2.24) is 13.8 Å². The fourth-order valence-corrected chi connectivity index (χ4v) is 14.9. The average Bonchev–Trinajstić information content (AvgIpc) is 3.28. The minimum atomic E-state index is -3.99. The summed E-state index contributed by atoms with van der Waals surface area (Å²) in [7, 11) is -11.7. The summed E-state index contributed by atoms with van der Waals surface area (Å²) < 4.78 is 65.2. The van der Waals surface area contributed by atoms with Crippen molar-refractivity contribution in [1.29, 1.82) is 0 Å². The van der Waals surface area contributed by atoms with Crippen molar-refractivity contribution in [3.05, 3.63) is 159 Å². The van der Waals surface area contributed by atoms with Crippen molar-refractivity contribution in [2.45, 2.75) is 13.1 Å². The minimum absolute atomic E-state index is 0.178. The largest absolute Gasteiger partial charge is 0.439 e. The highest BCUT2D eigenvalue weighted by atomic mass is 31.2. The Morgan fingerprint density at radius 1 is 0.476 bits per heavy atom. The lowest BCUT2D eigenvalue weighted by Crippen LogP contribution is -2.57. The van der Waals surface area contributed by atoms with Crippen LogP contribution in [-0.4, -0.2) is 32.4 Å². The van der Waals surface area contributed by atoms with Crippen LogP contribution < -0.4 is 69.2 Å². The van der Waals surface area contributed by atoms with E-state index in [1.165, 1.54) is 0 Å². The van der Waals surface area contributed by atoms with Gasteiger partial charge in [-0.1, -0.05) is 78.9 Å². The molecule has 63 heavy (non-hydrogen) atoms. The number of hydrogen-bond acceptors (Lipinski definition) is 13. The zero-order valence-corrected chi connectivity index (χ0v) is 35.9. The Labute approximate surface area is 358 Å². The maximum Gasteiger partial charge on any atom is 0.355 e. The molecule has 0 spiro atoms. The number of nitrogen functional groups attached to an aromatic ring is 3. The number of nitrogens with one attached hydrogen (secondary N) is 1. The van der Waals surface area contributed by atoms with Gasteiger partial charge in [0.1, 0.15) is 12.0 Å². The van der Waals surface area contributed by atoms with Crippen molar-refractivity contribution < 1.29 is 27.3 Å². The van der Waals surface area contributed by atoms with Gasteiger partial charge in [0.05, 0.1) is 39.6 Å². The first kappa shape index (κ1) is 40.1. The number of rotatable bonds is 9. The Hall–Kier alpha value is -6.98. The van der Waals surface area contributed by atoms with Crippen LogP contribution in [0.1, 0.15) is 0 Å². The van der Waals surface area contributed by atoms with Gasteiger partial charge in [-0.05, 0) is 65.2 Å². The van der Waals surface area contributed by atoms with Crippen LogP contribution in [0.15, 0.2) is 142 Å². The summed E-state index contributed by atoms with van der Waals surface area (Å²) in [6, 6.07) is 35.9. The number of benzene rings is 6. The molecule has 0 aliphatic carbocycles. The van der Waals surface area contributed by atoms with Crippen molar-refractivity contribution in [3.8, 4) is 50.6 Å². The number of aromatic nitrogens is 3. The van der Waals surface area contributed by atoms with Crippen LogP contribution in [0.4, 0.5) is 17.1 Å². The third kappa shape index (κ3) is 6.52. The number of hydrogen-bond donors (Lipinski definition) is 4. The molecule has 16 nitrogen and oxygen atoms in total. The lowest BCUT2D eigenvalue weighted by molar-refractivity contribution is 0.461. The molecule has 7 N–H and O–H groups in total. The Balaban J connectivity index is 1.05. The van der Waals surface area contributed by atoms with Gasteiger partial charge < -0.3 is 36.2 Å². The van der Waals surface area contributed by atoms with E-state index >= 15 is 0 Å². The Kier molecular flexibility index (Phi) is 9.45. The Bertz CT molecular complexity index is 3260. The number of anilines is 3. The topological polar surface area (TPSA) is 235 Å². The predicted molar refractivity (Wildman–Crippen MR) is 246 cm³/mol. The van der Waals surface area contributed by atoms with Gasteiger partial charge in [-0.15, -0.1) is 0 Å². The normalized spacial score (nSPS) is 19.9. The molecule has 0 saturated carbocycles. The molecule has 0 saturated heterocycles. The molecule has 3 aliphatic rings. The highest BCUT2D eigenvalue weighted by Gasteiger charge is 2.40. The monoisotopic (exact) mass is 901 g/mol. The second kappa shape index (κ2) is 14.8. The van der Waals surface area contributed by atoms with E-state index in [1.54, 1.807) is 127 Å². The lowest BCUT2D eigenvalue weighted by atomic mass is 10.0. The van der Waals surface area contributed by atoms with Gasteiger partial charge in [-0.25, -0.2) is 23.5 Å². The number of nitrogens with two attached hydrogens (primary N) is 3. The maximum atomic E-state index is 14.9. The molecule has 10 rings (SSSR count). The summed E-state index contributed by atoms with van der Waals surface area (Å²) in [5, 5.41) is 1.04. The summed E-state index contributed by atoms with van der Waals surface area (Å²) in [6.07, 6.45) is -1.31. The molecule has 0 radical (unpaired) electrons. The molecule has 3 atom stereocenters. The molecular formula is C44H38N7O9P3. The van der Waals surface area contributed by atoms with Crippen LogP contribution in [0.5, 0.6) is 17.2 Å². The van der Waals surface area contributed by atoms with Crippen molar-refractivity contribution in [3.63, 3.8) is 0 Å². The summed E-state index contributed by atoms with van der Waals surface area (Å²) in [4.78, 5) is 43.4. The molecule has 0 bridgehead atoms. The van der Waals surface area contributed by atoms with E-state index in [0.717, 1.165) is 9.13 Å². The molecule has 19 heteroatoms. The molecule has 4 heterocycles. The van der Waals surface area contributed by atoms with Crippen LogP contribution in [0, 0.1) is 0 Å². The van der Waals surface area contributed by atoms with E-state index in [4.69, 9.17) is 30.8 Å². The van der Waals surface area contributed by atoms with E-state index in [9.17, 15) is 28.1 Å². The summed E-state index contributed by atoms with van der Waals surface area (Å²) in [5.41, 5.74) is 22.7. The highest BCUT2D eigenvalue weighted by Crippen LogP contribution is 2.58. The molecule has 3 aliphatic heterocycles. The second-order valence-corrected chi connectivity index (χ2v) is 22.5. The van der Waals surface area contributed by atoms with E-state index < -0.39 is 58.6 Å². The van der Waals surface area contributed by atoms with Gasteiger partial charge in [0, 0.05) is 35.5 Å². The first-order valence-corrected chi connectivity index (χ1v) is 25.2. The predicted octanol–water partition coefficient (Wildman–Crippen LogP) is 5.41. The molecule has 1 aromatic heterocycles. The molecule has 7 aromatic rings. The van der Waals surface area contributed by atoms with Gasteiger partial charge in [0.25, 0.3) is 22.1 Å². The highest BCUT2D eigenvalue weighted by molar-refractivity contribution is 7.68. The van der Waals surface area contributed by atoms with Crippen LogP contribution in [0.25, 0.3) is 33.4 Å². The van der Waals surface area contributed by atoms with Gasteiger partial charge in [-0.2, -0.15) is 4.68 Å². The lowest BCUT2D eigenvalue weighted by Gasteiger charge is -2.30. The molecule has 0 fully saturated rings. The smallest absolute Gasteiger partial charge is 0.355 e. The van der Waals surface area contributed by atoms with Crippen molar-refractivity contribution in [2.24, 2.45) is 0 Å². The van der Waals surface area contributed by atoms with Gasteiger partial charge >= 0.3 is 17.1 Å². The van der Waals surface area contributed by atoms with E-state index in [0.29, 0.717) is 65.4 Å². The number of para-hydroxylation sites is 2. The number of fused-ring (bicyclic) bond motifs is 9. The fourth-order valence-electron chi connectivity index (χ4n) is 8.40. The van der Waals surface area contributed by atoms with Crippen molar-refractivity contribution in [2.75, 3.05) is 41.2 Å². The van der Waals surface area contributed by atoms with Crippen LogP contribution >= 0.6 is 22.1 Å². The van der Waals surface area contributed by atoms with Gasteiger partial charge in [-0.3, -0.25) is 13.7 Å². The molecule has 3 unspecified atom stereocenters. The van der Waals surface area contributed by atoms with E-state index in [-0.39, 0.29) is 35.2 Å². The van der Waals surface area contributed by atoms with Crippen LogP contribution in [0.2, 0.25) is 0 Å². The van der Waals surface area contributed by atoms with Gasteiger partial charge in [0.2, 0.25) is 0 Å². The molecule has 6 aromatic carbocycles. The summed E-state index contributed by atoms with van der Waals surface area (Å²) >= 11 is 0.